The lowest BCUT2D eigenvalue weighted by molar-refractivity contribution is -0.180. The Balaban J connectivity index is 1.53. The van der Waals surface area contributed by atoms with Crippen LogP contribution in [0.4, 0.5) is 8.78 Å². The molecule has 2 nitrogen and oxygen atoms in total. The summed E-state index contributed by atoms with van der Waals surface area (Å²) in [6.07, 6.45) is 7.50. The van der Waals surface area contributed by atoms with Crippen molar-refractivity contribution < 1.29 is 18.3 Å². The molecule has 4 aliphatic carbocycles. The van der Waals surface area contributed by atoms with Crippen LogP contribution in [0.5, 0.6) is 0 Å². The van der Waals surface area contributed by atoms with E-state index in [0.29, 0.717) is 18.8 Å². The number of carbonyl (C=O) groups excluding carboxylic acids is 1. The summed E-state index contributed by atoms with van der Waals surface area (Å²) in [7, 11) is 0. The number of hydrogen-bond donors (Lipinski definition) is 0. The molecule has 2 aromatic rings. The molecule has 30 heavy (non-hydrogen) atoms. The van der Waals surface area contributed by atoms with Gasteiger partial charge in [-0.15, -0.1) is 0 Å². The van der Waals surface area contributed by atoms with Crippen molar-refractivity contribution in [3.63, 3.8) is 0 Å². The Hall–Kier alpha value is -1.97. The molecule has 160 valence electrons. The van der Waals surface area contributed by atoms with E-state index in [9.17, 15) is 13.6 Å². The molecule has 4 aliphatic rings. The fraction of sp³-hybridized carbons (Fsp3) is 0.577. The van der Waals surface area contributed by atoms with Gasteiger partial charge in [-0.05, 0) is 84.1 Å². The Labute approximate surface area is 177 Å². The van der Waals surface area contributed by atoms with Crippen molar-refractivity contribution in [2.45, 2.75) is 70.1 Å². The maximum absolute atomic E-state index is 13.4. The van der Waals surface area contributed by atoms with Crippen LogP contribution in [0.15, 0.2) is 36.4 Å². The van der Waals surface area contributed by atoms with Crippen molar-refractivity contribution >= 4 is 16.7 Å². The second-order valence-corrected chi connectivity index (χ2v) is 10.4. The van der Waals surface area contributed by atoms with Crippen molar-refractivity contribution in [1.29, 1.82) is 0 Å². The number of halogens is 2. The third kappa shape index (κ3) is 3.14. The van der Waals surface area contributed by atoms with E-state index in [-0.39, 0.29) is 17.4 Å². The molecule has 4 bridgehead atoms. The smallest absolute Gasteiger partial charge is 0.376 e. The van der Waals surface area contributed by atoms with Crippen molar-refractivity contribution in [2.75, 3.05) is 6.61 Å². The molecule has 4 saturated carbocycles. The van der Waals surface area contributed by atoms with Crippen LogP contribution in [0, 0.1) is 17.3 Å². The van der Waals surface area contributed by atoms with Crippen molar-refractivity contribution in [2.24, 2.45) is 17.3 Å². The van der Waals surface area contributed by atoms with Gasteiger partial charge in [-0.3, -0.25) is 0 Å². The Morgan fingerprint density at radius 1 is 1.07 bits per heavy atom. The molecule has 2 aromatic carbocycles. The molecular formula is C26H30F2O2. The fourth-order valence-electron chi connectivity index (χ4n) is 7.41. The number of esters is 1. The van der Waals surface area contributed by atoms with Gasteiger partial charge >= 0.3 is 11.9 Å². The lowest BCUT2D eigenvalue weighted by Crippen LogP contribution is -2.56. The van der Waals surface area contributed by atoms with Gasteiger partial charge in [0.2, 0.25) is 0 Å². The average molecular weight is 413 g/mol. The summed E-state index contributed by atoms with van der Waals surface area (Å²) in [6, 6.07) is 13.3. The van der Waals surface area contributed by atoms with Crippen LogP contribution in [-0.2, 0) is 21.4 Å². The number of rotatable bonds is 5. The number of fused-ring (bicyclic) bond motifs is 1. The van der Waals surface area contributed by atoms with Gasteiger partial charge in [-0.25, -0.2) is 4.79 Å². The topological polar surface area (TPSA) is 26.3 Å². The highest BCUT2D eigenvalue weighted by Gasteiger charge is 2.59. The van der Waals surface area contributed by atoms with E-state index in [1.165, 1.54) is 41.2 Å². The summed E-state index contributed by atoms with van der Waals surface area (Å²) in [5.41, 5.74) is 2.70. The van der Waals surface area contributed by atoms with E-state index >= 15 is 0 Å². The van der Waals surface area contributed by atoms with E-state index in [0.717, 1.165) is 25.7 Å². The highest BCUT2D eigenvalue weighted by Crippen LogP contribution is 2.66. The summed E-state index contributed by atoms with van der Waals surface area (Å²) in [6.45, 7) is 2.95. The maximum Gasteiger partial charge on any atom is 0.376 e. The standard InChI is InChI=1S/C26H30F2O2/c1-3-19-8-9-22(21-7-5-4-6-20(19)21)26-13-17-10-18(14-26)12-25(11-17,15-26)16-30-23(29)24(2,27)28/h4-9,17-18H,3,10-16H2,1-2H3. The van der Waals surface area contributed by atoms with Gasteiger partial charge in [0.25, 0.3) is 0 Å². The SMILES string of the molecule is CCc1ccc(C23CC4CC(CC(COC(=O)C(C)(F)F)(C4)C2)C3)c2ccccc12. The second-order valence-electron chi connectivity index (χ2n) is 10.4. The lowest BCUT2D eigenvalue weighted by atomic mass is 9.43. The minimum absolute atomic E-state index is 0.0666. The van der Waals surface area contributed by atoms with Gasteiger partial charge < -0.3 is 4.74 Å². The minimum atomic E-state index is -3.42. The van der Waals surface area contributed by atoms with Gasteiger partial charge in [-0.1, -0.05) is 43.3 Å². The normalized spacial score (nSPS) is 32.5. The zero-order valence-electron chi connectivity index (χ0n) is 17.8. The number of aryl methyl sites for hydroxylation is 1. The van der Waals surface area contributed by atoms with E-state index in [2.05, 4.69) is 43.3 Å². The Morgan fingerprint density at radius 2 is 1.73 bits per heavy atom. The van der Waals surface area contributed by atoms with Gasteiger partial charge in [0, 0.05) is 12.3 Å². The molecule has 4 heteroatoms. The highest BCUT2D eigenvalue weighted by molar-refractivity contribution is 5.89. The molecule has 0 amide bonds. The molecule has 4 fully saturated rings. The van der Waals surface area contributed by atoms with Gasteiger partial charge in [0.05, 0.1) is 6.61 Å². The zero-order valence-corrected chi connectivity index (χ0v) is 17.8. The average Bonchev–Trinajstić information content (AvgIpc) is 2.69. The Morgan fingerprint density at radius 3 is 2.37 bits per heavy atom. The van der Waals surface area contributed by atoms with Crippen molar-refractivity contribution in [3.05, 3.63) is 47.5 Å². The first-order valence-corrected chi connectivity index (χ1v) is 11.3. The van der Waals surface area contributed by atoms with E-state index < -0.39 is 11.9 Å². The van der Waals surface area contributed by atoms with Gasteiger partial charge in [0.1, 0.15) is 0 Å². The molecule has 2 atom stereocenters. The molecule has 6 rings (SSSR count). The number of alkyl halides is 2. The molecule has 0 radical (unpaired) electrons. The Kier molecular flexibility index (Phi) is 4.50. The molecule has 0 aliphatic heterocycles. The molecule has 2 unspecified atom stereocenters. The van der Waals surface area contributed by atoms with Crippen LogP contribution in [-0.4, -0.2) is 18.5 Å². The number of carbonyl (C=O) groups is 1. The summed E-state index contributed by atoms with van der Waals surface area (Å²) >= 11 is 0. The lowest BCUT2D eigenvalue weighted by Gasteiger charge is -2.62. The van der Waals surface area contributed by atoms with Crippen LogP contribution in [0.25, 0.3) is 10.8 Å². The summed E-state index contributed by atoms with van der Waals surface area (Å²) in [5.74, 6) is -3.62. The first-order chi connectivity index (χ1) is 14.2. The van der Waals surface area contributed by atoms with Crippen molar-refractivity contribution in [1.82, 2.24) is 0 Å². The van der Waals surface area contributed by atoms with E-state index in [1.54, 1.807) is 0 Å². The second kappa shape index (κ2) is 6.77. The minimum Gasteiger partial charge on any atom is -0.461 e. The van der Waals surface area contributed by atoms with Crippen LogP contribution >= 0.6 is 0 Å². The third-order valence-electron chi connectivity index (χ3n) is 8.02. The van der Waals surface area contributed by atoms with Crippen LogP contribution in [0.3, 0.4) is 0 Å². The predicted octanol–water partition coefficient (Wildman–Crippen LogP) is 6.44. The summed E-state index contributed by atoms with van der Waals surface area (Å²) < 4.78 is 32.0. The monoisotopic (exact) mass is 412 g/mol. The molecule has 0 aromatic heterocycles. The zero-order chi connectivity index (χ0) is 21.1. The van der Waals surface area contributed by atoms with Gasteiger partial charge in [-0.2, -0.15) is 8.78 Å². The van der Waals surface area contributed by atoms with Crippen LogP contribution in [0.2, 0.25) is 0 Å². The first-order valence-electron chi connectivity index (χ1n) is 11.3. The largest absolute Gasteiger partial charge is 0.461 e. The molecule has 0 saturated heterocycles. The quantitative estimate of drug-likeness (QED) is 0.528. The number of hydrogen-bond acceptors (Lipinski definition) is 2. The number of ether oxygens (including phenoxy) is 1. The summed E-state index contributed by atoms with van der Waals surface area (Å²) in [5, 5.41) is 2.67. The highest BCUT2D eigenvalue weighted by atomic mass is 19.3. The summed E-state index contributed by atoms with van der Waals surface area (Å²) in [4.78, 5) is 11.8. The molecule has 0 spiro atoms. The number of benzene rings is 2. The molecule has 0 heterocycles. The van der Waals surface area contributed by atoms with E-state index in [1.807, 2.05) is 0 Å². The maximum atomic E-state index is 13.4. The van der Waals surface area contributed by atoms with Crippen molar-refractivity contribution in [3.8, 4) is 0 Å². The van der Waals surface area contributed by atoms with Crippen LogP contribution < -0.4 is 0 Å². The molecule has 0 N–H and O–H groups in total. The third-order valence-corrected chi connectivity index (χ3v) is 8.02. The molecular weight excluding hydrogens is 382 g/mol. The van der Waals surface area contributed by atoms with E-state index in [4.69, 9.17) is 4.74 Å². The first kappa shape index (κ1) is 20.0. The van der Waals surface area contributed by atoms with Crippen LogP contribution in [0.1, 0.15) is 63.5 Å². The predicted molar refractivity (Wildman–Crippen MR) is 114 cm³/mol. The Bertz CT molecular complexity index is 976. The van der Waals surface area contributed by atoms with Gasteiger partial charge in [0.15, 0.2) is 0 Å². The fourth-order valence-corrected chi connectivity index (χ4v) is 7.41.